The van der Waals surface area contributed by atoms with Crippen molar-refractivity contribution >= 4 is 34.5 Å². The molecule has 1 saturated carbocycles. The van der Waals surface area contributed by atoms with Crippen LogP contribution in [0.4, 0.5) is 0 Å². The normalized spacial score (nSPS) is 22.6. The maximum Gasteiger partial charge on any atom is 0.245 e. The first-order valence-corrected chi connectivity index (χ1v) is 8.95. The lowest BCUT2D eigenvalue weighted by atomic mass is 9.94. The van der Waals surface area contributed by atoms with Crippen LogP contribution in [0.25, 0.3) is 11.2 Å². The largest absolute Gasteiger partial charge is 0.479 e. The molecule has 114 valence electrons. The maximum atomic E-state index is 6.10. The summed E-state index contributed by atoms with van der Waals surface area (Å²) < 4.78 is 7.49. The number of methoxy groups -OCH3 is 1. The fourth-order valence-electron chi connectivity index (χ4n) is 3.10. The Morgan fingerprint density at radius 3 is 2.71 bits per heavy atom. The molecule has 0 unspecified atom stereocenters. The van der Waals surface area contributed by atoms with Crippen molar-refractivity contribution in [1.29, 1.82) is 0 Å². The van der Waals surface area contributed by atoms with E-state index in [2.05, 4.69) is 25.8 Å². The summed E-state index contributed by atoms with van der Waals surface area (Å²) in [6.07, 6.45) is 8.48. The van der Waals surface area contributed by atoms with Gasteiger partial charge in [0, 0.05) is 11.3 Å². The summed E-state index contributed by atoms with van der Waals surface area (Å²) in [6.45, 7) is 0. The van der Waals surface area contributed by atoms with E-state index in [0.29, 0.717) is 23.3 Å². The number of hydrogen-bond acceptors (Lipinski definition) is 5. The minimum atomic E-state index is 0.377. The van der Waals surface area contributed by atoms with Gasteiger partial charge in [-0.15, -0.1) is 11.6 Å². The highest BCUT2D eigenvalue weighted by atomic mass is 35.5. The van der Waals surface area contributed by atoms with Crippen LogP contribution in [0.2, 0.25) is 0 Å². The predicted octanol–water partition coefficient (Wildman–Crippen LogP) is 3.42. The van der Waals surface area contributed by atoms with E-state index in [4.69, 9.17) is 16.3 Å². The average Bonchev–Trinajstić information content (AvgIpc) is 2.93. The third-order valence-electron chi connectivity index (χ3n) is 4.17. The number of nitrogens with zero attached hydrogens (tertiary/aromatic N) is 4. The van der Waals surface area contributed by atoms with E-state index in [1.54, 1.807) is 7.11 Å². The lowest BCUT2D eigenvalue weighted by Gasteiger charge is -2.29. The molecule has 1 aliphatic carbocycles. The van der Waals surface area contributed by atoms with E-state index in [1.165, 1.54) is 19.2 Å². The summed E-state index contributed by atoms with van der Waals surface area (Å²) in [5.74, 6) is 1.75. The van der Waals surface area contributed by atoms with Gasteiger partial charge in [0.15, 0.2) is 11.2 Å². The van der Waals surface area contributed by atoms with Crippen molar-refractivity contribution in [3.63, 3.8) is 0 Å². The number of fused-ring (bicyclic) bond motifs is 1. The fraction of sp³-hybridized carbons (Fsp3) is 0.643. The Morgan fingerprint density at radius 2 is 2.10 bits per heavy atom. The van der Waals surface area contributed by atoms with Gasteiger partial charge in [-0.3, -0.25) is 0 Å². The van der Waals surface area contributed by atoms with Crippen LogP contribution in [0, 0.1) is 0 Å². The molecular weight excluding hydrogens is 308 g/mol. The minimum Gasteiger partial charge on any atom is -0.479 e. The van der Waals surface area contributed by atoms with Crippen LogP contribution < -0.4 is 4.74 Å². The zero-order valence-corrected chi connectivity index (χ0v) is 13.8. The van der Waals surface area contributed by atoms with Gasteiger partial charge in [-0.2, -0.15) is 16.7 Å². The lowest BCUT2D eigenvalue weighted by Crippen LogP contribution is -2.21. The van der Waals surface area contributed by atoms with Gasteiger partial charge >= 0.3 is 0 Å². The van der Waals surface area contributed by atoms with Gasteiger partial charge in [0.05, 0.1) is 13.0 Å². The summed E-state index contributed by atoms with van der Waals surface area (Å²) in [6, 6.07) is 0.423. The fourth-order valence-corrected chi connectivity index (χ4v) is 4.03. The zero-order chi connectivity index (χ0) is 14.8. The second kappa shape index (κ2) is 6.40. The summed E-state index contributed by atoms with van der Waals surface area (Å²) in [7, 11) is 1.60. The van der Waals surface area contributed by atoms with Gasteiger partial charge in [-0.05, 0) is 31.9 Å². The molecule has 2 aromatic rings. The quantitative estimate of drug-likeness (QED) is 0.806. The summed E-state index contributed by atoms with van der Waals surface area (Å²) >= 11 is 8.07. The number of aromatic nitrogens is 4. The summed E-state index contributed by atoms with van der Waals surface area (Å²) in [5.41, 5.74) is 1.55. The van der Waals surface area contributed by atoms with Crippen molar-refractivity contribution < 1.29 is 4.74 Å². The van der Waals surface area contributed by atoms with E-state index in [9.17, 15) is 0 Å². The highest BCUT2D eigenvalue weighted by Crippen LogP contribution is 2.36. The van der Waals surface area contributed by atoms with Crippen LogP contribution in [0.1, 0.15) is 37.5 Å². The molecule has 0 aromatic carbocycles. The van der Waals surface area contributed by atoms with Crippen molar-refractivity contribution in [1.82, 2.24) is 19.5 Å². The van der Waals surface area contributed by atoms with Gasteiger partial charge in [0.1, 0.15) is 12.2 Å². The molecule has 2 heterocycles. The van der Waals surface area contributed by atoms with Crippen molar-refractivity contribution in [3.8, 4) is 5.88 Å². The molecule has 0 radical (unpaired) electrons. The second-order valence-electron chi connectivity index (χ2n) is 5.25. The van der Waals surface area contributed by atoms with E-state index in [0.717, 1.165) is 29.6 Å². The lowest BCUT2D eigenvalue weighted by molar-refractivity contribution is 0.359. The van der Waals surface area contributed by atoms with Gasteiger partial charge in [-0.1, -0.05) is 0 Å². The van der Waals surface area contributed by atoms with E-state index in [1.807, 2.05) is 11.8 Å². The summed E-state index contributed by atoms with van der Waals surface area (Å²) in [4.78, 5) is 13.1. The predicted molar refractivity (Wildman–Crippen MR) is 86.2 cm³/mol. The number of ether oxygens (including phenoxy) is 1. The third kappa shape index (κ3) is 2.71. The third-order valence-corrected chi connectivity index (χ3v) is 5.55. The standard InChI is InChI=1S/C14H19ClN4OS/c1-20-14-12-13(16-8-17-14)19(11(7-15)18-12)9-3-5-10(21-2)6-4-9/h8-10H,3-7H2,1-2H3. The Bertz CT molecular complexity index is 625. The van der Waals surface area contributed by atoms with Crippen LogP contribution in [0.5, 0.6) is 5.88 Å². The molecule has 5 nitrogen and oxygen atoms in total. The van der Waals surface area contributed by atoms with Crippen LogP contribution >= 0.6 is 23.4 Å². The molecule has 2 aromatic heterocycles. The van der Waals surface area contributed by atoms with Crippen molar-refractivity contribution in [2.75, 3.05) is 13.4 Å². The molecule has 1 aliphatic rings. The topological polar surface area (TPSA) is 52.8 Å². The molecule has 7 heteroatoms. The number of hydrogen-bond donors (Lipinski definition) is 0. The van der Waals surface area contributed by atoms with Crippen LogP contribution in [-0.4, -0.2) is 38.1 Å². The molecule has 21 heavy (non-hydrogen) atoms. The number of rotatable bonds is 4. The van der Waals surface area contributed by atoms with Crippen molar-refractivity contribution in [3.05, 3.63) is 12.2 Å². The van der Waals surface area contributed by atoms with Gasteiger partial charge in [-0.25, -0.2) is 9.97 Å². The van der Waals surface area contributed by atoms with Gasteiger partial charge in [0.25, 0.3) is 0 Å². The van der Waals surface area contributed by atoms with E-state index >= 15 is 0 Å². The first-order valence-electron chi connectivity index (χ1n) is 7.13. The Kier molecular flexibility index (Phi) is 4.54. The number of imidazole rings is 1. The number of halogens is 1. The number of alkyl halides is 1. The number of thioether (sulfide) groups is 1. The molecule has 0 atom stereocenters. The molecule has 0 saturated heterocycles. The molecule has 0 spiro atoms. The molecule has 3 rings (SSSR count). The second-order valence-corrected chi connectivity index (χ2v) is 6.66. The zero-order valence-electron chi connectivity index (χ0n) is 12.3. The Hall–Kier alpha value is -1.01. The van der Waals surface area contributed by atoms with Crippen LogP contribution in [0.3, 0.4) is 0 Å². The highest BCUT2D eigenvalue weighted by molar-refractivity contribution is 7.99. The Labute approximate surface area is 133 Å². The van der Waals surface area contributed by atoms with Crippen molar-refractivity contribution in [2.24, 2.45) is 0 Å². The van der Waals surface area contributed by atoms with E-state index < -0.39 is 0 Å². The first-order chi connectivity index (χ1) is 10.3. The molecule has 1 fully saturated rings. The van der Waals surface area contributed by atoms with Gasteiger partial charge < -0.3 is 9.30 Å². The molecule has 0 amide bonds. The van der Waals surface area contributed by atoms with Crippen molar-refractivity contribution in [2.45, 2.75) is 42.9 Å². The van der Waals surface area contributed by atoms with Crippen LogP contribution in [0.15, 0.2) is 6.33 Å². The maximum absolute atomic E-state index is 6.10. The van der Waals surface area contributed by atoms with Crippen LogP contribution in [-0.2, 0) is 5.88 Å². The van der Waals surface area contributed by atoms with Gasteiger partial charge in [0.2, 0.25) is 5.88 Å². The monoisotopic (exact) mass is 326 g/mol. The summed E-state index contributed by atoms with van der Waals surface area (Å²) in [5, 5.41) is 0.777. The molecule has 0 bridgehead atoms. The first kappa shape index (κ1) is 14.9. The molecular formula is C14H19ClN4OS. The molecule has 0 aliphatic heterocycles. The Balaban J connectivity index is 2.01. The average molecular weight is 327 g/mol. The SMILES string of the molecule is COc1ncnc2c1nc(CCl)n2C1CCC(SC)CC1. The minimum absolute atomic E-state index is 0.377. The highest BCUT2D eigenvalue weighted by Gasteiger charge is 2.26. The van der Waals surface area contributed by atoms with E-state index in [-0.39, 0.29) is 0 Å². The molecule has 0 N–H and O–H groups in total. The Morgan fingerprint density at radius 1 is 1.33 bits per heavy atom. The smallest absolute Gasteiger partial charge is 0.245 e.